The van der Waals surface area contributed by atoms with Crippen molar-refractivity contribution in [3.8, 4) is 0 Å². The highest BCUT2D eigenvalue weighted by Crippen LogP contribution is 2.30. The molecule has 2 N–H and O–H groups in total. The van der Waals surface area contributed by atoms with Crippen LogP contribution in [0.1, 0.15) is 43.5 Å². The van der Waals surface area contributed by atoms with Crippen LogP contribution in [-0.2, 0) is 4.74 Å². The number of hydrogen-bond acceptors (Lipinski definition) is 3. The van der Waals surface area contributed by atoms with E-state index in [4.69, 9.17) is 16.3 Å². The second-order valence-corrected chi connectivity index (χ2v) is 7.14. The molecule has 1 fully saturated rings. The van der Waals surface area contributed by atoms with Crippen LogP contribution < -0.4 is 10.6 Å². The summed E-state index contributed by atoms with van der Waals surface area (Å²) in [6, 6.07) is 2.41. The number of nitrogens with one attached hydrogen (secondary N) is 2. The van der Waals surface area contributed by atoms with Gasteiger partial charge in [-0.3, -0.25) is 4.68 Å². The van der Waals surface area contributed by atoms with Crippen LogP contribution in [-0.4, -0.2) is 28.5 Å². The van der Waals surface area contributed by atoms with Gasteiger partial charge in [0.1, 0.15) is 11.9 Å². The molecule has 6 nitrogen and oxygen atoms in total. The fraction of sp³-hybridized carbons (Fsp3) is 0.444. The third kappa shape index (κ3) is 3.99. The molecule has 140 valence electrons. The number of rotatable bonds is 4. The van der Waals surface area contributed by atoms with Crippen molar-refractivity contribution < 1.29 is 13.9 Å². The molecular weight excluding hydrogens is 359 g/mol. The van der Waals surface area contributed by atoms with Crippen molar-refractivity contribution in [3.63, 3.8) is 0 Å². The quantitative estimate of drug-likeness (QED) is 0.834. The van der Waals surface area contributed by atoms with Crippen LogP contribution in [0, 0.1) is 12.7 Å². The Balaban J connectivity index is 1.68. The molecule has 2 heterocycles. The van der Waals surface area contributed by atoms with Gasteiger partial charge in [0, 0.05) is 24.4 Å². The van der Waals surface area contributed by atoms with Gasteiger partial charge in [0.05, 0.1) is 22.9 Å². The first-order valence-electron chi connectivity index (χ1n) is 8.54. The molecule has 0 radical (unpaired) electrons. The fourth-order valence-electron chi connectivity index (χ4n) is 2.99. The van der Waals surface area contributed by atoms with Crippen LogP contribution in [0.3, 0.4) is 0 Å². The topological polar surface area (TPSA) is 68.2 Å². The van der Waals surface area contributed by atoms with E-state index in [0.717, 1.165) is 5.56 Å². The zero-order valence-corrected chi connectivity index (χ0v) is 15.7. The van der Waals surface area contributed by atoms with Crippen molar-refractivity contribution in [2.24, 2.45) is 0 Å². The lowest BCUT2D eigenvalue weighted by atomic mass is 10.1. The number of anilines is 1. The van der Waals surface area contributed by atoms with E-state index >= 15 is 0 Å². The van der Waals surface area contributed by atoms with E-state index in [9.17, 15) is 9.18 Å². The summed E-state index contributed by atoms with van der Waals surface area (Å²) in [4.78, 5) is 12.3. The molecule has 0 saturated carbocycles. The van der Waals surface area contributed by atoms with E-state index in [1.54, 1.807) is 19.2 Å². The van der Waals surface area contributed by atoms with E-state index in [-0.39, 0.29) is 28.9 Å². The average Bonchev–Trinajstić information content (AvgIpc) is 3.19. The van der Waals surface area contributed by atoms with Gasteiger partial charge >= 0.3 is 6.03 Å². The molecule has 1 aliphatic rings. The zero-order chi connectivity index (χ0) is 18.8. The molecule has 0 unspecified atom stereocenters. The van der Waals surface area contributed by atoms with E-state index < -0.39 is 11.8 Å². The van der Waals surface area contributed by atoms with Gasteiger partial charge in [0.25, 0.3) is 0 Å². The highest BCUT2D eigenvalue weighted by atomic mass is 35.5. The van der Waals surface area contributed by atoms with Crippen LogP contribution in [0.4, 0.5) is 14.9 Å². The lowest BCUT2D eigenvalue weighted by Crippen LogP contribution is -2.39. The molecule has 1 aromatic carbocycles. The summed E-state index contributed by atoms with van der Waals surface area (Å²) in [5, 5.41) is 9.82. The fourth-order valence-corrected chi connectivity index (χ4v) is 3.29. The molecule has 0 bridgehead atoms. The third-order valence-electron chi connectivity index (χ3n) is 4.31. The molecular formula is C18H22ClFN4O2. The van der Waals surface area contributed by atoms with Crippen molar-refractivity contribution in [1.29, 1.82) is 0 Å². The van der Waals surface area contributed by atoms with Gasteiger partial charge in [-0.1, -0.05) is 11.6 Å². The summed E-state index contributed by atoms with van der Waals surface area (Å²) >= 11 is 6.03. The van der Waals surface area contributed by atoms with Gasteiger partial charge in [-0.15, -0.1) is 0 Å². The van der Waals surface area contributed by atoms with Crippen LogP contribution in [0.5, 0.6) is 0 Å². The summed E-state index contributed by atoms with van der Waals surface area (Å²) < 4.78 is 21.6. The number of aryl methyl sites for hydroxylation is 1. The second-order valence-electron chi connectivity index (χ2n) is 6.74. The number of halogens is 2. The van der Waals surface area contributed by atoms with Gasteiger partial charge in [-0.2, -0.15) is 5.10 Å². The lowest BCUT2D eigenvalue weighted by Gasteiger charge is -2.19. The first kappa shape index (κ1) is 18.7. The first-order chi connectivity index (χ1) is 12.3. The lowest BCUT2D eigenvalue weighted by molar-refractivity contribution is 0.100. The SMILES string of the molecule is Cc1cc(F)c(NC(=O)N[C@@H]2CCO[C@H]2c2cnn(C(C)C)c2)c(Cl)c1. The largest absolute Gasteiger partial charge is 0.371 e. The second kappa shape index (κ2) is 7.63. The van der Waals surface area contributed by atoms with Crippen LogP contribution in [0.25, 0.3) is 0 Å². The maximum atomic E-state index is 14.0. The van der Waals surface area contributed by atoms with Crippen molar-refractivity contribution in [2.45, 2.75) is 45.4 Å². The predicted octanol–water partition coefficient (Wildman–Crippen LogP) is 4.22. The van der Waals surface area contributed by atoms with E-state index in [2.05, 4.69) is 15.7 Å². The van der Waals surface area contributed by atoms with Gasteiger partial charge < -0.3 is 15.4 Å². The standard InChI is InChI=1S/C18H22ClFN4O2/c1-10(2)24-9-12(8-21-24)17-15(4-5-26-17)22-18(25)23-16-13(19)6-11(3)7-14(16)20/h6-10,15,17H,4-5H2,1-3H3,(H2,22,23,25)/t15-,17+/m1/s1. The number of carbonyl (C=O) groups excluding carboxylic acids is 1. The average molecular weight is 381 g/mol. The normalized spacial score (nSPS) is 19.8. The van der Waals surface area contributed by atoms with Crippen LogP contribution >= 0.6 is 11.6 Å². The first-order valence-corrected chi connectivity index (χ1v) is 8.91. The number of aromatic nitrogens is 2. The van der Waals surface area contributed by atoms with Gasteiger partial charge in [0.15, 0.2) is 0 Å². The summed E-state index contributed by atoms with van der Waals surface area (Å²) in [5.41, 5.74) is 1.56. The van der Waals surface area contributed by atoms with Gasteiger partial charge in [-0.25, -0.2) is 9.18 Å². The molecule has 1 saturated heterocycles. The highest BCUT2D eigenvalue weighted by Gasteiger charge is 2.32. The molecule has 1 aliphatic heterocycles. The molecule has 26 heavy (non-hydrogen) atoms. The van der Waals surface area contributed by atoms with Gasteiger partial charge in [-0.05, 0) is 44.9 Å². The Morgan fingerprint density at radius 2 is 2.23 bits per heavy atom. The number of hydrogen-bond donors (Lipinski definition) is 2. The van der Waals surface area contributed by atoms with Crippen LogP contribution in [0.15, 0.2) is 24.5 Å². The maximum Gasteiger partial charge on any atom is 0.319 e. The maximum absolute atomic E-state index is 14.0. The zero-order valence-electron chi connectivity index (χ0n) is 14.9. The Labute approximate surface area is 156 Å². The van der Waals surface area contributed by atoms with Crippen molar-refractivity contribution in [1.82, 2.24) is 15.1 Å². The Bertz CT molecular complexity index is 785. The minimum atomic E-state index is -0.567. The number of urea groups is 1. The Kier molecular flexibility index (Phi) is 5.48. The third-order valence-corrected chi connectivity index (χ3v) is 4.61. The Hall–Kier alpha value is -2.12. The summed E-state index contributed by atoms with van der Waals surface area (Å²) in [6.07, 6.45) is 4.05. The highest BCUT2D eigenvalue weighted by molar-refractivity contribution is 6.33. The van der Waals surface area contributed by atoms with Crippen molar-refractivity contribution in [3.05, 3.63) is 46.5 Å². The van der Waals surface area contributed by atoms with E-state index in [1.165, 1.54) is 6.07 Å². The number of amides is 2. The van der Waals surface area contributed by atoms with Gasteiger partial charge in [0.2, 0.25) is 0 Å². The van der Waals surface area contributed by atoms with Crippen molar-refractivity contribution in [2.75, 3.05) is 11.9 Å². The summed E-state index contributed by atoms with van der Waals surface area (Å²) in [6.45, 7) is 6.34. The monoisotopic (exact) mass is 380 g/mol. The minimum Gasteiger partial charge on any atom is -0.371 e. The number of nitrogens with zero attached hydrogens (tertiary/aromatic N) is 2. The van der Waals surface area contributed by atoms with Crippen molar-refractivity contribution >= 4 is 23.3 Å². The Morgan fingerprint density at radius 3 is 2.88 bits per heavy atom. The Morgan fingerprint density at radius 1 is 1.46 bits per heavy atom. The molecule has 1 aromatic heterocycles. The van der Waals surface area contributed by atoms with E-state index in [0.29, 0.717) is 18.6 Å². The number of benzene rings is 1. The minimum absolute atomic E-state index is 0.0298. The molecule has 2 amide bonds. The number of ether oxygens (including phenoxy) is 1. The molecule has 0 aliphatic carbocycles. The molecule has 0 spiro atoms. The molecule has 2 atom stereocenters. The number of carbonyl (C=O) groups is 1. The summed E-state index contributed by atoms with van der Waals surface area (Å²) in [7, 11) is 0. The molecule has 2 aromatic rings. The summed E-state index contributed by atoms with van der Waals surface area (Å²) in [5.74, 6) is -0.567. The predicted molar refractivity (Wildman–Crippen MR) is 98.0 cm³/mol. The molecule has 8 heteroatoms. The smallest absolute Gasteiger partial charge is 0.319 e. The van der Waals surface area contributed by atoms with Crippen LogP contribution in [0.2, 0.25) is 5.02 Å². The molecule has 3 rings (SSSR count). The van der Waals surface area contributed by atoms with E-state index in [1.807, 2.05) is 24.7 Å².